The molecule has 3 heteroatoms. The molecule has 78 valence electrons. The van der Waals surface area contributed by atoms with Crippen LogP contribution in [0.25, 0.3) is 0 Å². The van der Waals surface area contributed by atoms with Crippen LogP contribution < -0.4 is 4.74 Å². The highest BCUT2D eigenvalue weighted by atomic mass is 32.1. The zero-order chi connectivity index (χ0) is 10.6. The van der Waals surface area contributed by atoms with E-state index in [1.54, 1.807) is 7.11 Å². The quantitative estimate of drug-likeness (QED) is 0.753. The zero-order valence-electron chi connectivity index (χ0n) is 8.58. The summed E-state index contributed by atoms with van der Waals surface area (Å²) < 4.78 is 5.36. The van der Waals surface area contributed by atoms with E-state index in [2.05, 4.69) is 44.3 Å². The predicted molar refractivity (Wildman–Crippen MR) is 67.8 cm³/mol. The standard InChI is InChI=1S/C11H16OS2/c1-3-8-4-9(6-13)11(12-2)10(5-8)7-14/h4-5,13-14H,3,6-7H2,1-2H3. The summed E-state index contributed by atoms with van der Waals surface area (Å²) in [5, 5.41) is 0. The normalized spacial score (nSPS) is 10.3. The maximum Gasteiger partial charge on any atom is 0.126 e. The van der Waals surface area contributed by atoms with Crippen LogP contribution in [0.3, 0.4) is 0 Å². The van der Waals surface area contributed by atoms with E-state index in [1.165, 1.54) is 5.56 Å². The fourth-order valence-electron chi connectivity index (χ4n) is 1.53. The summed E-state index contributed by atoms with van der Waals surface area (Å²) in [5.41, 5.74) is 3.62. The highest BCUT2D eigenvalue weighted by Crippen LogP contribution is 2.28. The molecule has 0 amide bonds. The number of aryl methyl sites for hydroxylation is 1. The lowest BCUT2D eigenvalue weighted by atomic mass is 10.0. The molecule has 14 heavy (non-hydrogen) atoms. The van der Waals surface area contributed by atoms with Crippen LogP contribution in [0.2, 0.25) is 0 Å². The topological polar surface area (TPSA) is 9.23 Å². The summed E-state index contributed by atoms with van der Waals surface area (Å²) in [6, 6.07) is 4.30. The van der Waals surface area contributed by atoms with Crippen LogP contribution in [0.1, 0.15) is 23.6 Å². The predicted octanol–water partition coefficient (Wildman–Crippen LogP) is 3.12. The van der Waals surface area contributed by atoms with Crippen molar-refractivity contribution in [1.29, 1.82) is 0 Å². The van der Waals surface area contributed by atoms with E-state index in [-0.39, 0.29) is 0 Å². The Kier molecular flexibility index (Phi) is 4.69. The molecule has 1 aromatic rings. The maximum absolute atomic E-state index is 5.36. The van der Waals surface area contributed by atoms with E-state index in [9.17, 15) is 0 Å². The third-order valence-corrected chi connectivity index (χ3v) is 2.94. The Bertz CT molecular complexity index is 285. The first-order valence-electron chi connectivity index (χ1n) is 4.67. The number of hydrogen-bond acceptors (Lipinski definition) is 3. The number of benzene rings is 1. The summed E-state index contributed by atoms with van der Waals surface area (Å²) >= 11 is 8.60. The molecule has 0 atom stereocenters. The second kappa shape index (κ2) is 5.56. The molecule has 0 fully saturated rings. The van der Waals surface area contributed by atoms with Crippen molar-refractivity contribution in [3.63, 3.8) is 0 Å². The molecule has 1 aromatic carbocycles. The molecule has 0 aliphatic carbocycles. The van der Waals surface area contributed by atoms with E-state index in [0.717, 1.165) is 23.3 Å². The smallest absolute Gasteiger partial charge is 0.126 e. The fourth-order valence-corrected chi connectivity index (χ4v) is 2.00. The van der Waals surface area contributed by atoms with Crippen molar-refractivity contribution in [3.05, 3.63) is 28.8 Å². The van der Waals surface area contributed by atoms with Gasteiger partial charge >= 0.3 is 0 Å². The number of ether oxygens (including phenoxy) is 1. The van der Waals surface area contributed by atoms with Gasteiger partial charge in [0.05, 0.1) is 7.11 Å². The lowest BCUT2D eigenvalue weighted by Gasteiger charge is -2.13. The highest BCUT2D eigenvalue weighted by molar-refractivity contribution is 7.79. The van der Waals surface area contributed by atoms with Crippen molar-refractivity contribution >= 4 is 25.3 Å². The van der Waals surface area contributed by atoms with E-state index in [0.29, 0.717) is 11.5 Å². The van der Waals surface area contributed by atoms with Gasteiger partial charge in [-0.2, -0.15) is 25.3 Å². The maximum atomic E-state index is 5.36. The van der Waals surface area contributed by atoms with Gasteiger partial charge in [-0.15, -0.1) is 0 Å². The first kappa shape index (κ1) is 11.8. The molecule has 1 rings (SSSR count). The molecule has 0 N–H and O–H groups in total. The van der Waals surface area contributed by atoms with E-state index in [4.69, 9.17) is 4.74 Å². The second-order valence-corrected chi connectivity index (χ2v) is 3.75. The Balaban J connectivity index is 3.24. The van der Waals surface area contributed by atoms with Crippen LogP contribution in [0.15, 0.2) is 12.1 Å². The molecule has 1 nitrogen and oxygen atoms in total. The van der Waals surface area contributed by atoms with Gasteiger partial charge in [0.2, 0.25) is 0 Å². The Morgan fingerprint density at radius 1 is 1.14 bits per heavy atom. The van der Waals surface area contributed by atoms with Crippen molar-refractivity contribution in [3.8, 4) is 5.75 Å². The first-order valence-corrected chi connectivity index (χ1v) is 5.93. The summed E-state index contributed by atoms with van der Waals surface area (Å²) in [5.74, 6) is 2.35. The van der Waals surface area contributed by atoms with E-state index < -0.39 is 0 Å². The Labute approximate surface area is 96.7 Å². The van der Waals surface area contributed by atoms with E-state index in [1.807, 2.05) is 0 Å². The Morgan fingerprint density at radius 2 is 1.64 bits per heavy atom. The van der Waals surface area contributed by atoms with Gasteiger partial charge in [-0.1, -0.05) is 19.1 Å². The number of methoxy groups -OCH3 is 1. The van der Waals surface area contributed by atoms with Gasteiger partial charge in [-0.3, -0.25) is 0 Å². The number of thiol groups is 2. The summed E-state index contributed by atoms with van der Waals surface area (Å²) in [6.07, 6.45) is 1.03. The van der Waals surface area contributed by atoms with Crippen LogP contribution in [0.4, 0.5) is 0 Å². The second-order valence-electron chi connectivity index (χ2n) is 3.12. The third-order valence-electron chi connectivity index (χ3n) is 2.26. The minimum absolute atomic E-state index is 0.706. The molecule has 0 heterocycles. The average Bonchev–Trinajstić information content (AvgIpc) is 2.26. The monoisotopic (exact) mass is 228 g/mol. The summed E-state index contributed by atoms with van der Waals surface area (Å²) in [7, 11) is 1.70. The van der Waals surface area contributed by atoms with Gasteiger partial charge in [0, 0.05) is 22.6 Å². The number of hydrogen-bond donors (Lipinski definition) is 2. The van der Waals surface area contributed by atoms with Gasteiger partial charge in [0.25, 0.3) is 0 Å². The van der Waals surface area contributed by atoms with Gasteiger partial charge in [0.15, 0.2) is 0 Å². The fraction of sp³-hybridized carbons (Fsp3) is 0.455. The van der Waals surface area contributed by atoms with Gasteiger partial charge in [0.1, 0.15) is 5.75 Å². The molecular formula is C11H16OS2. The SMILES string of the molecule is CCc1cc(CS)c(OC)c(CS)c1. The molecular weight excluding hydrogens is 212 g/mol. The molecule has 0 spiro atoms. The molecule has 0 aliphatic rings. The van der Waals surface area contributed by atoms with Crippen LogP contribution in [0.5, 0.6) is 5.75 Å². The van der Waals surface area contributed by atoms with Crippen LogP contribution in [-0.2, 0) is 17.9 Å². The molecule has 0 radical (unpaired) electrons. The summed E-state index contributed by atoms with van der Waals surface area (Å²) in [4.78, 5) is 0. The van der Waals surface area contributed by atoms with Gasteiger partial charge in [-0.05, 0) is 12.0 Å². The highest BCUT2D eigenvalue weighted by Gasteiger charge is 2.08. The van der Waals surface area contributed by atoms with Gasteiger partial charge < -0.3 is 4.74 Å². The molecule has 0 aromatic heterocycles. The third kappa shape index (κ3) is 2.39. The minimum Gasteiger partial charge on any atom is -0.496 e. The van der Waals surface area contributed by atoms with Crippen molar-refractivity contribution in [2.45, 2.75) is 24.9 Å². The van der Waals surface area contributed by atoms with Crippen molar-refractivity contribution in [2.75, 3.05) is 7.11 Å². The van der Waals surface area contributed by atoms with Crippen LogP contribution in [0, 0.1) is 0 Å². The van der Waals surface area contributed by atoms with Crippen molar-refractivity contribution in [2.24, 2.45) is 0 Å². The Morgan fingerprint density at radius 3 is 1.93 bits per heavy atom. The minimum atomic E-state index is 0.706. The summed E-state index contributed by atoms with van der Waals surface area (Å²) in [6.45, 7) is 2.15. The number of rotatable bonds is 4. The van der Waals surface area contributed by atoms with Crippen molar-refractivity contribution in [1.82, 2.24) is 0 Å². The van der Waals surface area contributed by atoms with E-state index >= 15 is 0 Å². The van der Waals surface area contributed by atoms with Crippen LogP contribution >= 0.6 is 25.3 Å². The zero-order valence-corrected chi connectivity index (χ0v) is 10.4. The molecule has 0 bridgehead atoms. The molecule has 0 aliphatic heterocycles. The average molecular weight is 228 g/mol. The lowest BCUT2D eigenvalue weighted by molar-refractivity contribution is 0.408. The van der Waals surface area contributed by atoms with Crippen LogP contribution in [-0.4, -0.2) is 7.11 Å². The lowest BCUT2D eigenvalue weighted by Crippen LogP contribution is -1.97. The Hall–Kier alpha value is -0.280. The largest absolute Gasteiger partial charge is 0.496 e. The van der Waals surface area contributed by atoms with Crippen molar-refractivity contribution < 1.29 is 4.74 Å². The first-order chi connectivity index (χ1) is 6.76. The molecule has 0 saturated carbocycles. The molecule has 0 unspecified atom stereocenters. The van der Waals surface area contributed by atoms with Gasteiger partial charge in [-0.25, -0.2) is 0 Å². The molecule has 0 saturated heterocycles.